The van der Waals surface area contributed by atoms with Gasteiger partial charge in [0.1, 0.15) is 11.4 Å². The van der Waals surface area contributed by atoms with E-state index in [2.05, 4.69) is 34.4 Å². The first-order chi connectivity index (χ1) is 8.65. The number of nitrogens with one attached hydrogen (secondary N) is 1. The quantitative estimate of drug-likeness (QED) is 0.833. The third kappa shape index (κ3) is 3.78. The lowest BCUT2D eigenvalue weighted by Gasteiger charge is -2.26. The molecule has 1 aliphatic heterocycles. The Labute approximate surface area is 109 Å². The normalized spacial score (nSPS) is 20.2. The lowest BCUT2D eigenvalue weighted by molar-refractivity contribution is 0.208. The molecule has 0 aliphatic carbocycles. The molecule has 1 aromatic heterocycles. The number of hydrogen-bond donors (Lipinski definition) is 1. The number of aromatic nitrogens is 2. The maximum absolute atomic E-state index is 4.78. The highest BCUT2D eigenvalue weighted by molar-refractivity contribution is 5.04. The molecule has 18 heavy (non-hydrogen) atoms. The van der Waals surface area contributed by atoms with Gasteiger partial charge in [0.2, 0.25) is 0 Å². The van der Waals surface area contributed by atoms with Crippen molar-refractivity contribution >= 4 is 0 Å². The highest BCUT2D eigenvalue weighted by Crippen LogP contribution is 2.12. The van der Waals surface area contributed by atoms with Crippen molar-refractivity contribution in [2.45, 2.75) is 46.2 Å². The Morgan fingerprint density at radius 3 is 2.83 bits per heavy atom. The summed E-state index contributed by atoms with van der Waals surface area (Å²) in [6.07, 6.45) is 2.58. The van der Waals surface area contributed by atoms with E-state index in [4.69, 9.17) is 4.63 Å². The minimum atomic E-state index is 0.629. The fraction of sp³-hybridized carbons (Fsp3) is 0.846. The lowest BCUT2D eigenvalue weighted by Crippen LogP contribution is -2.39. The molecule has 0 saturated carbocycles. The van der Waals surface area contributed by atoms with Crippen LogP contribution in [0.2, 0.25) is 0 Å². The molecule has 1 aromatic rings. The van der Waals surface area contributed by atoms with E-state index in [1.165, 1.54) is 12.8 Å². The Hall–Kier alpha value is -0.940. The van der Waals surface area contributed by atoms with E-state index in [1.807, 2.05) is 6.92 Å². The fourth-order valence-corrected chi connectivity index (χ4v) is 2.55. The Morgan fingerprint density at radius 1 is 1.44 bits per heavy atom. The number of hydrogen-bond acceptors (Lipinski definition) is 5. The molecule has 0 bridgehead atoms. The smallest absolute Gasteiger partial charge is 0.122 e. The highest BCUT2D eigenvalue weighted by Gasteiger charge is 2.20. The van der Waals surface area contributed by atoms with Crippen LogP contribution < -0.4 is 5.32 Å². The minimum Gasteiger partial charge on any atom is -0.313 e. The zero-order valence-corrected chi connectivity index (χ0v) is 11.6. The van der Waals surface area contributed by atoms with Crippen LogP contribution in [0.3, 0.4) is 0 Å². The van der Waals surface area contributed by atoms with Gasteiger partial charge in [-0.05, 0) is 32.2 Å². The Morgan fingerprint density at radius 2 is 2.28 bits per heavy atom. The van der Waals surface area contributed by atoms with Gasteiger partial charge in [-0.25, -0.2) is 4.63 Å². The zero-order chi connectivity index (χ0) is 13.0. The third-order valence-corrected chi connectivity index (χ3v) is 3.38. The van der Waals surface area contributed by atoms with Crippen LogP contribution in [0.15, 0.2) is 4.63 Å². The molecular weight excluding hydrogens is 228 g/mol. The Bertz CT molecular complexity index is 358. The molecule has 0 spiro atoms. The summed E-state index contributed by atoms with van der Waals surface area (Å²) in [4.78, 5) is 2.46. The molecule has 1 fully saturated rings. The first kappa shape index (κ1) is 13.5. The van der Waals surface area contributed by atoms with Crippen LogP contribution in [0.25, 0.3) is 0 Å². The topological polar surface area (TPSA) is 54.2 Å². The van der Waals surface area contributed by atoms with E-state index in [0.29, 0.717) is 12.0 Å². The second-order valence-corrected chi connectivity index (χ2v) is 5.68. The Balaban J connectivity index is 1.93. The summed E-state index contributed by atoms with van der Waals surface area (Å²) in [7, 11) is 0. The van der Waals surface area contributed by atoms with E-state index in [9.17, 15) is 0 Å². The molecule has 2 heterocycles. The Kier molecular flexibility index (Phi) is 4.72. The molecule has 0 aromatic carbocycles. The van der Waals surface area contributed by atoms with Crippen molar-refractivity contribution in [3.63, 3.8) is 0 Å². The average Bonchev–Trinajstić information content (AvgIpc) is 2.91. The van der Waals surface area contributed by atoms with Gasteiger partial charge in [0.15, 0.2) is 0 Å². The van der Waals surface area contributed by atoms with E-state index in [-0.39, 0.29) is 0 Å². The van der Waals surface area contributed by atoms with E-state index in [0.717, 1.165) is 37.6 Å². The van der Waals surface area contributed by atoms with Crippen LogP contribution in [0, 0.1) is 12.8 Å². The standard InChI is InChI=1S/C13H24N4O/c1-10(2)7-17(8-12-5-4-6-14-12)9-13-11(3)15-18-16-13/h10,12,14H,4-9H2,1-3H3. The second-order valence-electron chi connectivity index (χ2n) is 5.68. The summed E-state index contributed by atoms with van der Waals surface area (Å²) >= 11 is 0. The van der Waals surface area contributed by atoms with Crippen molar-refractivity contribution in [1.29, 1.82) is 0 Å². The lowest BCUT2D eigenvalue weighted by atomic mass is 10.1. The van der Waals surface area contributed by atoms with Crippen LogP contribution in [-0.4, -0.2) is 40.9 Å². The first-order valence-electron chi connectivity index (χ1n) is 6.89. The zero-order valence-electron chi connectivity index (χ0n) is 11.6. The van der Waals surface area contributed by atoms with Crippen LogP contribution in [0.1, 0.15) is 38.1 Å². The number of nitrogens with zero attached hydrogens (tertiary/aromatic N) is 3. The van der Waals surface area contributed by atoms with Crippen molar-refractivity contribution in [3.8, 4) is 0 Å². The molecule has 1 atom stereocenters. The van der Waals surface area contributed by atoms with Gasteiger partial charge in [0, 0.05) is 25.7 Å². The predicted molar refractivity (Wildman–Crippen MR) is 70.2 cm³/mol. The SMILES string of the molecule is Cc1nonc1CN(CC(C)C)CC1CCCN1. The summed E-state index contributed by atoms with van der Waals surface area (Å²) < 4.78 is 4.78. The number of aryl methyl sites for hydroxylation is 1. The van der Waals surface area contributed by atoms with Crippen LogP contribution >= 0.6 is 0 Å². The molecule has 1 N–H and O–H groups in total. The molecule has 0 radical (unpaired) electrons. The molecule has 5 nitrogen and oxygen atoms in total. The van der Waals surface area contributed by atoms with Gasteiger partial charge >= 0.3 is 0 Å². The van der Waals surface area contributed by atoms with Crippen LogP contribution in [-0.2, 0) is 6.54 Å². The predicted octanol–water partition coefficient (Wildman–Crippen LogP) is 1.59. The molecule has 5 heteroatoms. The van der Waals surface area contributed by atoms with Crippen molar-refractivity contribution in [2.75, 3.05) is 19.6 Å². The molecule has 102 valence electrons. The molecule has 0 amide bonds. The van der Waals surface area contributed by atoms with Crippen LogP contribution in [0.5, 0.6) is 0 Å². The summed E-state index contributed by atoms with van der Waals surface area (Å²) in [6.45, 7) is 10.6. The summed E-state index contributed by atoms with van der Waals surface area (Å²) in [5.74, 6) is 0.659. The van der Waals surface area contributed by atoms with E-state index < -0.39 is 0 Å². The molecule has 1 unspecified atom stereocenters. The van der Waals surface area contributed by atoms with E-state index in [1.54, 1.807) is 0 Å². The second kappa shape index (κ2) is 6.29. The molecular formula is C13H24N4O. The minimum absolute atomic E-state index is 0.629. The van der Waals surface area contributed by atoms with Crippen molar-refractivity contribution in [2.24, 2.45) is 5.92 Å². The van der Waals surface area contributed by atoms with Crippen molar-refractivity contribution in [1.82, 2.24) is 20.5 Å². The van der Waals surface area contributed by atoms with Gasteiger partial charge in [0.25, 0.3) is 0 Å². The number of rotatable bonds is 6. The fourth-order valence-electron chi connectivity index (χ4n) is 2.55. The first-order valence-corrected chi connectivity index (χ1v) is 6.89. The summed E-state index contributed by atoms with van der Waals surface area (Å²) in [5.41, 5.74) is 1.87. The van der Waals surface area contributed by atoms with Gasteiger partial charge in [-0.3, -0.25) is 4.90 Å². The van der Waals surface area contributed by atoms with Gasteiger partial charge < -0.3 is 5.32 Å². The molecule has 1 saturated heterocycles. The van der Waals surface area contributed by atoms with Gasteiger partial charge in [-0.2, -0.15) is 0 Å². The molecule has 1 aliphatic rings. The molecule has 2 rings (SSSR count). The van der Waals surface area contributed by atoms with Gasteiger partial charge in [-0.1, -0.05) is 24.2 Å². The van der Waals surface area contributed by atoms with Crippen LogP contribution in [0.4, 0.5) is 0 Å². The van der Waals surface area contributed by atoms with Gasteiger partial charge in [0.05, 0.1) is 0 Å². The summed E-state index contributed by atoms with van der Waals surface area (Å²) in [6, 6.07) is 0.629. The largest absolute Gasteiger partial charge is 0.313 e. The van der Waals surface area contributed by atoms with Crippen molar-refractivity contribution in [3.05, 3.63) is 11.4 Å². The maximum atomic E-state index is 4.78. The summed E-state index contributed by atoms with van der Waals surface area (Å²) in [5, 5.41) is 11.4. The van der Waals surface area contributed by atoms with Crippen molar-refractivity contribution < 1.29 is 4.63 Å². The van der Waals surface area contributed by atoms with Gasteiger partial charge in [-0.15, -0.1) is 0 Å². The highest BCUT2D eigenvalue weighted by atomic mass is 16.6. The average molecular weight is 252 g/mol. The van der Waals surface area contributed by atoms with E-state index >= 15 is 0 Å². The maximum Gasteiger partial charge on any atom is 0.122 e. The monoisotopic (exact) mass is 252 g/mol. The third-order valence-electron chi connectivity index (χ3n) is 3.38.